The van der Waals surface area contributed by atoms with E-state index in [-0.39, 0.29) is 5.69 Å². The average molecular weight is 335 g/mol. The van der Waals surface area contributed by atoms with Crippen molar-refractivity contribution in [1.29, 1.82) is 0 Å². The van der Waals surface area contributed by atoms with E-state index < -0.39 is 5.91 Å². The van der Waals surface area contributed by atoms with Crippen molar-refractivity contribution in [3.8, 4) is 0 Å². The predicted molar refractivity (Wildman–Crippen MR) is 76.9 cm³/mol. The molecule has 1 aromatic carbocycles. The smallest absolute Gasteiger partial charge is 0.287 e. The molecule has 0 saturated carbocycles. The van der Waals surface area contributed by atoms with E-state index in [1.54, 1.807) is 6.07 Å². The predicted octanol–water partition coefficient (Wildman–Crippen LogP) is 2.04. The Morgan fingerprint density at radius 1 is 1.40 bits per heavy atom. The Labute approximate surface area is 122 Å². The lowest BCUT2D eigenvalue weighted by Crippen LogP contribution is -2.30. The molecular formula is C13H11BrN4O2. The molecule has 0 aliphatic rings. The van der Waals surface area contributed by atoms with E-state index in [1.165, 1.54) is 0 Å². The highest BCUT2D eigenvalue weighted by Gasteiger charge is 2.12. The van der Waals surface area contributed by atoms with E-state index in [0.29, 0.717) is 12.3 Å². The van der Waals surface area contributed by atoms with Gasteiger partial charge in [-0.1, -0.05) is 21.1 Å². The fourth-order valence-electron chi connectivity index (χ4n) is 2.05. The zero-order valence-electron chi connectivity index (χ0n) is 10.3. The van der Waals surface area contributed by atoms with Crippen LogP contribution in [0, 0.1) is 0 Å². The number of hydrogen-bond acceptors (Lipinski definition) is 4. The van der Waals surface area contributed by atoms with Crippen LogP contribution in [0.3, 0.4) is 0 Å². The minimum absolute atomic E-state index is 0.168. The van der Waals surface area contributed by atoms with Gasteiger partial charge in [0.05, 0.1) is 6.54 Å². The van der Waals surface area contributed by atoms with E-state index >= 15 is 0 Å². The lowest BCUT2D eigenvalue weighted by atomic mass is 10.2. The van der Waals surface area contributed by atoms with Gasteiger partial charge in [0.15, 0.2) is 11.5 Å². The molecule has 2 aromatic heterocycles. The summed E-state index contributed by atoms with van der Waals surface area (Å²) < 4.78 is 8.19. The quantitative estimate of drug-likeness (QED) is 0.436. The van der Waals surface area contributed by atoms with Crippen molar-refractivity contribution in [2.45, 2.75) is 6.54 Å². The summed E-state index contributed by atoms with van der Waals surface area (Å²) in [5.41, 5.74) is 3.26. The zero-order chi connectivity index (χ0) is 14.1. The number of amides is 1. The number of aromatic nitrogens is 2. The molecule has 3 N–H and O–H groups in total. The van der Waals surface area contributed by atoms with Crippen LogP contribution in [-0.2, 0) is 6.54 Å². The molecule has 0 aliphatic carbocycles. The Hall–Kier alpha value is -2.12. The molecule has 6 nitrogen and oxygen atoms in total. The number of nitrogen functional groups attached to an aromatic ring is 1. The largest absolute Gasteiger partial charge is 0.359 e. The lowest BCUT2D eigenvalue weighted by Gasteiger charge is -2.02. The normalized spacial score (nSPS) is 10.9. The summed E-state index contributed by atoms with van der Waals surface area (Å²) in [6.45, 7) is 0.496. The number of benzene rings is 1. The van der Waals surface area contributed by atoms with E-state index in [2.05, 4.69) is 21.1 Å². The molecule has 102 valence electrons. The number of fused-ring (bicyclic) bond motifs is 1. The van der Waals surface area contributed by atoms with Gasteiger partial charge < -0.3 is 9.09 Å². The highest BCUT2D eigenvalue weighted by molar-refractivity contribution is 9.10. The van der Waals surface area contributed by atoms with Crippen molar-refractivity contribution >= 4 is 32.7 Å². The first kappa shape index (κ1) is 12.9. The van der Waals surface area contributed by atoms with Gasteiger partial charge in [-0.2, -0.15) is 0 Å². The number of nitrogens with one attached hydrogen (secondary N) is 1. The van der Waals surface area contributed by atoms with E-state index in [9.17, 15) is 4.79 Å². The summed E-state index contributed by atoms with van der Waals surface area (Å²) in [4.78, 5) is 11.3. The summed E-state index contributed by atoms with van der Waals surface area (Å²) >= 11 is 3.44. The number of carbonyl (C=O) groups excluding carboxylic acids is 1. The van der Waals surface area contributed by atoms with Crippen LogP contribution < -0.4 is 11.3 Å². The van der Waals surface area contributed by atoms with E-state index in [1.807, 2.05) is 40.5 Å². The first-order valence-corrected chi connectivity index (χ1v) is 6.67. The molecule has 7 heteroatoms. The highest BCUT2D eigenvalue weighted by atomic mass is 79.9. The second-order valence-electron chi connectivity index (χ2n) is 4.30. The molecule has 0 unspecified atom stereocenters. The van der Waals surface area contributed by atoms with Gasteiger partial charge in [-0.05, 0) is 24.3 Å². The van der Waals surface area contributed by atoms with Gasteiger partial charge in [-0.3, -0.25) is 10.2 Å². The molecule has 1 amide bonds. The van der Waals surface area contributed by atoms with Crippen LogP contribution in [0.2, 0.25) is 0 Å². The van der Waals surface area contributed by atoms with Crippen LogP contribution in [0.5, 0.6) is 0 Å². The molecule has 2 heterocycles. The van der Waals surface area contributed by atoms with Crippen molar-refractivity contribution < 1.29 is 9.32 Å². The molecule has 0 aliphatic heterocycles. The summed E-state index contributed by atoms with van der Waals surface area (Å²) in [5.74, 6) is 5.16. The Morgan fingerprint density at radius 2 is 2.25 bits per heavy atom. The Morgan fingerprint density at radius 3 is 3.05 bits per heavy atom. The van der Waals surface area contributed by atoms with Crippen molar-refractivity contribution in [2.24, 2.45) is 5.84 Å². The third-order valence-electron chi connectivity index (χ3n) is 2.98. The van der Waals surface area contributed by atoms with Crippen LogP contribution in [0.4, 0.5) is 0 Å². The van der Waals surface area contributed by atoms with Crippen LogP contribution in [-0.4, -0.2) is 15.6 Å². The minimum Gasteiger partial charge on any atom is -0.359 e. The van der Waals surface area contributed by atoms with Crippen LogP contribution in [0.15, 0.2) is 45.5 Å². The molecule has 0 radical (unpaired) electrons. The van der Waals surface area contributed by atoms with Gasteiger partial charge in [0.2, 0.25) is 0 Å². The molecule has 3 aromatic rings. The number of carbonyl (C=O) groups is 1. The maximum Gasteiger partial charge on any atom is 0.287 e. The van der Waals surface area contributed by atoms with Crippen LogP contribution in [0.1, 0.15) is 16.2 Å². The maximum atomic E-state index is 11.3. The lowest BCUT2D eigenvalue weighted by molar-refractivity contribution is 0.0944. The number of rotatable bonds is 3. The molecule has 0 spiro atoms. The Balaban J connectivity index is 1.89. The molecular weight excluding hydrogens is 324 g/mol. The number of halogens is 1. The fraction of sp³-hybridized carbons (Fsp3) is 0.0769. The van der Waals surface area contributed by atoms with Crippen LogP contribution in [0.25, 0.3) is 10.9 Å². The monoisotopic (exact) mass is 334 g/mol. The third kappa shape index (κ3) is 2.33. The van der Waals surface area contributed by atoms with Crippen molar-refractivity contribution in [2.75, 3.05) is 0 Å². The topological polar surface area (TPSA) is 86.1 Å². The Bertz CT molecular complexity index is 778. The number of nitrogens with two attached hydrogens (primary N) is 1. The van der Waals surface area contributed by atoms with Gasteiger partial charge in [0.25, 0.3) is 5.91 Å². The molecule has 0 atom stereocenters. The number of nitrogens with zero attached hydrogens (tertiary/aromatic N) is 2. The molecule has 20 heavy (non-hydrogen) atoms. The minimum atomic E-state index is -0.471. The molecule has 0 bridgehead atoms. The van der Waals surface area contributed by atoms with E-state index in [4.69, 9.17) is 10.4 Å². The summed E-state index contributed by atoms with van der Waals surface area (Å²) in [6, 6.07) is 9.63. The summed E-state index contributed by atoms with van der Waals surface area (Å²) in [6.07, 6.45) is 1.96. The van der Waals surface area contributed by atoms with Gasteiger partial charge in [-0.15, -0.1) is 0 Å². The number of hydrogen-bond donors (Lipinski definition) is 2. The molecule has 0 saturated heterocycles. The second kappa shape index (κ2) is 5.10. The first-order chi connectivity index (χ1) is 9.67. The summed E-state index contributed by atoms with van der Waals surface area (Å²) in [7, 11) is 0. The fourth-order valence-corrected chi connectivity index (χ4v) is 2.42. The first-order valence-electron chi connectivity index (χ1n) is 5.88. The Kier molecular flexibility index (Phi) is 3.29. The van der Waals surface area contributed by atoms with Gasteiger partial charge in [-0.25, -0.2) is 5.84 Å². The van der Waals surface area contributed by atoms with Crippen molar-refractivity contribution in [3.05, 3.63) is 52.5 Å². The third-order valence-corrected chi connectivity index (χ3v) is 3.48. The van der Waals surface area contributed by atoms with Gasteiger partial charge >= 0.3 is 0 Å². The van der Waals surface area contributed by atoms with Crippen molar-refractivity contribution in [1.82, 2.24) is 15.1 Å². The SMILES string of the molecule is NNC(=O)c1cc(Cn2ccc3cc(Br)ccc32)on1. The zero-order valence-corrected chi connectivity index (χ0v) is 11.9. The average Bonchev–Trinajstić information content (AvgIpc) is 3.06. The van der Waals surface area contributed by atoms with Gasteiger partial charge in [0.1, 0.15) is 0 Å². The molecule has 3 rings (SSSR count). The van der Waals surface area contributed by atoms with Gasteiger partial charge in [0, 0.05) is 27.6 Å². The van der Waals surface area contributed by atoms with Crippen molar-refractivity contribution in [3.63, 3.8) is 0 Å². The number of hydrazine groups is 1. The van der Waals surface area contributed by atoms with E-state index in [0.717, 1.165) is 15.4 Å². The second-order valence-corrected chi connectivity index (χ2v) is 5.21. The highest BCUT2D eigenvalue weighted by Crippen LogP contribution is 2.21. The van der Waals surface area contributed by atoms with Crippen LogP contribution >= 0.6 is 15.9 Å². The summed E-state index contributed by atoms with van der Waals surface area (Å²) in [5, 5.41) is 4.80. The standard InChI is InChI=1S/C13H11BrN4O2/c14-9-1-2-12-8(5-9)3-4-18(12)7-10-6-11(17-20-10)13(19)16-15/h1-6H,7,15H2,(H,16,19). The molecule has 0 fully saturated rings. The maximum absolute atomic E-state index is 11.3.